The summed E-state index contributed by atoms with van der Waals surface area (Å²) in [4.78, 5) is 0.169. The fourth-order valence-electron chi connectivity index (χ4n) is 1.70. The third kappa shape index (κ3) is 4.55. The number of aliphatic hydroxyl groups excluding tert-OH is 1. The molecule has 0 aliphatic carbocycles. The summed E-state index contributed by atoms with van der Waals surface area (Å²) in [6.45, 7) is -0.310. The number of benzene rings is 2. The van der Waals surface area contributed by atoms with Crippen molar-refractivity contribution < 1.29 is 18.3 Å². The fourth-order valence-corrected chi connectivity index (χ4v) is 2.59. The maximum Gasteiger partial charge on any atom is 0.136 e. The molecule has 0 aliphatic heterocycles. The molecule has 2 aromatic rings. The van der Waals surface area contributed by atoms with Gasteiger partial charge < -0.3 is 5.11 Å². The third-order valence-electron chi connectivity index (χ3n) is 2.56. The monoisotopic (exact) mass is 308 g/mol. The van der Waals surface area contributed by atoms with Crippen LogP contribution in [0.25, 0.3) is 0 Å². The van der Waals surface area contributed by atoms with Crippen LogP contribution in [0.4, 0.5) is 13.2 Å². The van der Waals surface area contributed by atoms with Gasteiger partial charge in [0.2, 0.25) is 0 Å². The standard InChI is InChI=1S/C16H11F3OS/c17-13-3-4-15(19)16(9-13)21-10-12-6-11(2-1-5-20)7-14(18)8-12/h3-4,6-9,20H,5,10H2. The van der Waals surface area contributed by atoms with E-state index in [9.17, 15) is 13.2 Å². The molecule has 0 spiro atoms. The minimum absolute atomic E-state index is 0.169. The molecule has 1 nitrogen and oxygen atoms in total. The van der Waals surface area contributed by atoms with E-state index in [1.54, 1.807) is 6.07 Å². The molecule has 5 heteroatoms. The Balaban J connectivity index is 2.16. The molecule has 108 valence electrons. The molecule has 2 aromatic carbocycles. The largest absolute Gasteiger partial charge is 0.384 e. The van der Waals surface area contributed by atoms with Gasteiger partial charge in [0.05, 0.1) is 0 Å². The Bertz CT molecular complexity index is 704. The second-order valence-corrected chi connectivity index (χ2v) is 5.19. The van der Waals surface area contributed by atoms with Gasteiger partial charge in [-0.1, -0.05) is 11.8 Å². The van der Waals surface area contributed by atoms with Crippen molar-refractivity contribution in [2.45, 2.75) is 10.6 Å². The summed E-state index contributed by atoms with van der Waals surface area (Å²) in [6, 6.07) is 7.42. The number of hydrogen-bond acceptors (Lipinski definition) is 2. The van der Waals surface area contributed by atoms with Gasteiger partial charge in [0.1, 0.15) is 24.1 Å². The minimum Gasteiger partial charge on any atom is -0.384 e. The van der Waals surface area contributed by atoms with Crippen molar-refractivity contribution in [2.75, 3.05) is 6.61 Å². The van der Waals surface area contributed by atoms with Crippen LogP contribution in [0.1, 0.15) is 11.1 Å². The molecular weight excluding hydrogens is 297 g/mol. The molecule has 0 unspecified atom stereocenters. The highest BCUT2D eigenvalue weighted by Gasteiger charge is 2.06. The molecule has 0 radical (unpaired) electrons. The van der Waals surface area contributed by atoms with Crippen LogP contribution in [0.5, 0.6) is 0 Å². The summed E-state index contributed by atoms with van der Waals surface area (Å²) < 4.78 is 40.0. The van der Waals surface area contributed by atoms with E-state index >= 15 is 0 Å². The van der Waals surface area contributed by atoms with E-state index < -0.39 is 17.5 Å². The molecule has 1 N–H and O–H groups in total. The molecule has 0 aromatic heterocycles. The predicted molar refractivity (Wildman–Crippen MR) is 76.3 cm³/mol. The zero-order valence-corrected chi connectivity index (χ0v) is 11.7. The van der Waals surface area contributed by atoms with Crippen molar-refractivity contribution >= 4 is 11.8 Å². The van der Waals surface area contributed by atoms with E-state index in [4.69, 9.17) is 5.11 Å². The fraction of sp³-hybridized carbons (Fsp3) is 0.125. The van der Waals surface area contributed by atoms with E-state index in [0.29, 0.717) is 11.1 Å². The first-order chi connectivity index (χ1) is 10.1. The van der Waals surface area contributed by atoms with Gasteiger partial charge in [-0.2, -0.15) is 0 Å². The highest BCUT2D eigenvalue weighted by Crippen LogP contribution is 2.26. The van der Waals surface area contributed by atoms with Crippen molar-refractivity contribution in [2.24, 2.45) is 0 Å². The van der Waals surface area contributed by atoms with E-state index in [2.05, 4.69) is 11.8 Å². The zero-order valence-electron chi connectivity index (χ0n) is 10.9. The van der Waals surface area contributed by atoms with E-state index in [1.807, 2.05) is 0 Å². The molecule has 0 saturated carbocycles. The molecule has 21 heavy (non-hydrogen) atoms. The lowest BCUT2D eigenvalue weighted by Gasteiger charge is -2.05. The summed E-state index contributed by atoms with van der Waals surface area (Å²) in [7, 11) is 0. The summed E-state index contributed by atoms with van der Waals surface area (Å²) in [5.74, 6) is 3.83. The van der Waals surface area contributed by atoms with Crippen molar-refractivity contribution in [1.82, 2.24) is 0 Å². The van der Waals surface area contributed by atoms with Crippen LogP contribution >= 0.6 is 11.8 Å². The maximum absolute atomic E-state index is 13.5. The Morgan fingerprint density at radius 3 is 2.57 bits per heavy atom. The molecule has 0 fully saturated rings. The van der Waals surface area contributed by atoms with E-state index in [-0.39, 0.29) is 17.3 Å². The zero-order chi connectivity index (χ0) is 15.2. The smallest absolute Gasteiger partial charge is 0.136 e. The van der Waals surface area contributed by atoms with Gasteiger partial charge in [0.15, 0.2) is 0 Å². The lowest BCUT2D eigenvalue weighted by Crippen LogP contribution is -1.89. The Labute approximate surface area is 124 Å². The minimum atomic E-state index is -0.521. The average Bonchev–Trinajstić information content (AvgIpc) is 2.45. The van der Waals surface area contributed by atoms with E-state index in [0.717, 1.165) is 30.0 Å². The second-order valence-electron chi connectivity index (χ2n) is 4.17. The van der Waals surface area contributed by atoms with Crippen LogP contribution in [0.3, 0.4) is 0 Å². The highest BCUT2D eigenvalue weighted by molar-refractivity contribution is 7.98. The Kier molecular flexibility index (Phi) is 5.32. The van der Waals surface area contributed by atoms with Gasteiger partial charge in [-0.15, -0.1) is 11.8 Å². The van der Waals surface area contributed by atoms with Crippen molar-refractivity contribution in [1.29, 1.82) is 0 Å². The normalized spacial score (nSPS) is 10.1. The Morgan fingerprint density at radius 2 is 1.81 bits per heavy atom. The molecule has 0 amide bonds. The number of halogens is 3. The molecular formula is C16H11F3OS. The molecule has 0 heterocycles. The first-order valence-electron chi connectivity index (χ1n) is 6.05. The van der Waals surface area contributed by atoms with Gasteiger partial charge in [0.25, 0.3) is 0 Å². The van der Waals surface area contributed by atoms with Crippen LogP contribution in [-0.4, -0.2) is 11.7 Å². The van der Waals surface area contributed by atoms with Crippen LogP contribution in [0.15, 0.2) is 41.3 Å². The summed E-state index contributed by atoms with van der Waals surface area (Å²) in [6.07, 6.45) is 0. The average molecular weight is 308 g/mol. The van der Waals surface area contributed by atoms with E-state index in [1.165, 1.54) is 12.1 Å². The summed E-state index contributed by atoms with van der Waals surface area (Å²) in [5, 5.41) is 8.63. The van der Waals surface area contributed by atoms with Gasteiger partial charge in [-0.25, -0.2) is 13.2 Å². The predicted octanol–water partition coefficient (Wildman–Crippen LogP) is 3.74. The summed E-state index contributed by atoms with van der Waals surface area (Å²) >= 11 is 1.08. The van der Waals surface area contributed by atoms with Gasteiger partial charge >= 0.3 is 0 Å². The SMILES string of the molecule is OCC#Cc1cc(F)cc(CSc2cc(F)ccc2F)c1. The Morgan fingerprint density at radius 1 is 1.00 bits per heavy atom. The lowest BCUT2D eigenvalue weighted by molar-refractivity contribution is 0.350. The van der Waals surface area contributed by atoms with Crippen molar-refractivity contribution in [3.63, 3.8) is 0 Å². The lowest BCUT2D eigenvalue weighted by atomic mass is 10.1. The van der Waals surface area contributed by atoms with Crippen LogP contribution in [0, 0.1) is 29.3 Å². The molecule has 0 aliphatic rings. The molecule has 0 atom stereocenters. The molecule has 0 bridgehead atoms. The number of thioether (sulfide) groups is 1. The molecule has 2 rings (SSSR count). The number of rotatable bonds is 3. The number of hydrogen-bond donors (Lipinski definition) is 1. The van der Waals surface area contributed by atoms with Crippen molar-refractivity contribution in [3.8, 4) is 11.8 Å². The van der Waals surface area contributed by atoms with Crippen LogP contribution < -0.4 is 0 Å². The Hall–Kier alpha value is -1.90. The number of aliphatic hydroxyl groups is 1. The quantitative estimate of drug-likeness (QED) is 0.688. The highest BCUT2D eigenvalue weighted by atomic mass is 32.2. The second kappa shape index (κ2) is 7.21. The van der Waals surface area contributed by atoms with Gasteiger partial charge in [0, 0.05) is 16.2 Å². The topological polar surface area (TPSA) is 20.2 Å². The van der Waals surface area contributed by atoms with Crippen molar-refractivity contribution in [3.05, 3.63) is 65.0 Å². The third-order valence-corrected chi connectivity index (χ3v) is 3.66. The van der Waals surface area contributed by atoms with Gasteiger partial charge in [-0.3, -0.25) is 0 Å². The van der Waals surface area contributed by atoms with Crippen LogP contribution in [-0.2, 0) is 5.75 Å². The first-order valence-corrected chi connectivity index (χ1v) is 7.04. The maximum atomic E-state index is 13.5. The molecule has 0 saturated heterocycles. The summed E-state index contributed by atoms with van der Waals surface area (Å²) in [5.41, 5.74) is 1.03. The van der Waals surface area contributed by atoms with Gasteiger partial charge in [-0.05, 0) is 42.0 Å². The first kappa shape index (κ1) is 15.5. The van der Waals surface area contributed by atoms with Crippen LogP contribution in [0.2, 0.25) is 0 Å².